The molecule has 1 aliphatic heterocycles. The van der Waals surface area contributed by atoms with Gasteiger partial charge in [0.2, 0.25) is 0 Å². The smallest absolute Gasteiger partial charge is 0.258 e. The molecule has 0 unspecified atom stereocenters. The summed E-state index contributed by atoms with van der Waals surface area (Å²) >= 11 is 1.58. The van der Waals surface area contributed by atoms with Crippen molar-refractivity contribution in [3.63, 3.8) is 0 Å². The lowest BCUT2D eigenvalue weighted by Crippen LogP contribution is -2.31. The number of benzene rings is 1. The molecular weight excluding hydrogens is 286 g/mol. The van der Waals surface area contributed by atoms with Crippen molar-refractivity contribution in [2.75, 3.05) is 25.0 Å². The van der Waals surface area contributed by atoms with E-state index in [0.29, 0.717) is 31.0 Å². The first-order valence-corrected chi connectivity index (χ1v) is 7.79. The molecule has 0 fully saturated rings. The lowest BCUT2D eigenvalue weighted by Gasteiger charge is -2.18. The summed E-state index contributed by atoms with van der Waals surface area (Å²) in [4.78, 5) is 19.8. The second kappa shape index (κ2) is 6.13. The van der Waals surface area contributed by atoms with Crippen LogP contribution < -0.4 is 10.1 Å². The molecule has 0 saturated carbocycles. The quantitative estimate of drug-likeness (QED) is 0.943. The van der Waals surface area contributed by atoms with E-state index in [1.165, 1.54) is 0 Å². The van der Waals surface area contributed by atoms with Gasteiger partial charge in [0.25, 0.3) is 5.91 Å². The molecule has 0 atom stereocenters. The van der Waals surface area contributed by atoms with Crippen LogP contribution in [-0.2, 0) is 6.54 Å². The maximum absolute atomic E-state index is 12.6. The summed E-state index contributed by atoms with van der Waals surface area (Å²) in [7, 11) is 0. The van der Waals surface area contributed by atoms with Gasteiger partial charge in [0.15, 0.2) is 5.13 Å². The molecule has 1 aliphatic rings. The van der Waals surface area contributed by atoms with Crippen LogP contribution in [0.2, 0.25) is 0 Å². The molecule has 1 aromatic heterocycles. The van der Waals surface area contributed by atoms with Crippen molar-refractivity contribution < 1.29 is 9.53 Å². The summed E-state index contributed by atoms with van der Waals surface area (Å²) in [6, 6.07) is 7.40. The Morgan fingerprint density at radius 2 is 2.29 bits per heavy atom. The number of carbonyl (C=O) groups is 1. The van der Waals surface area contributed by atoms with Crippen LogP contribution in [0.5, 0.6) is 5.75 Å². The number of nitrogens with one attached hydrogen (secondary N) is 1. The van der Waals surface area contributed by atoms with E-state index in [1.807, 2.05) is 42.3 Å². The molecule has 6 heteroatoms. The number of ether oxygens (including phenoxy) is 1. The Hall–Kier alpha value is -2.08. The molecule has 1 N–H and O–H groups in total. The van der Waals surface area contributed by atoms with Crippen LogP contribution >= 0.6 is 11.3 Å². The largest absolute Gasteiger partial charge is 0.491 e. The first-order valence-electron chi connectivity index (χ1n) is 6.97. The van der Waals surface area contributed by atoms with Gasteiger partial charge in [-0.15, -0.1) is 11.3 Å². The number of fused-ring (bicyclic) bond motifs is 1. The molecule has 110 valence electrons. The Labute approximate surface area is 127 Å². The molecule has 21 heavy (non-hydrogen) atoms. The van der Waals surface area contributed by atoms with Crippen molar-refractivity contribution in [2.45, 2.75) is 13.5 Å². The second-order valence-corrected chi connectivity index (χ2v) is 5.85. The predicted octanol–water partition coefficient (Wildman–Crippen LogP) is 2.61. The van der Waals surface area contributed by atoms with E-state index >= 15 is 0 Å². The van der Waals surface area contributed by atoms with Gasteiger partial charge in [-0.1, -0.05) is 12.1 Å². The first kappa shape index (κ1) is 13.9. The molecule has 1 amide bonds. The van der Waals surface area contributed by atoms with Gasteiger partial charge in [-0.3, -0.25) is 4.79 Å². The Morgan fingerprint density at radius 1 is 1.43 bits per heavy atom. The summed E-state index contributed by atoms with van der Waals surface area (Å²) in [6.45, 7) is 4.55. The SMILES string of the molecule is CCNc1ncc(CN2CCOc3ccccc3C2=O)s1. The van der Waals surface area contributed by atoms with E-state index in [1.54, 1.807) is 11.3 Å². The van der Waals surface area contributed by atoms with Crippen molar-refractivity contribution >= 4 is 22.4 Å². The average Bonchev–Trinajstić information content (AvgIpc) is 2.87. The molecule has 0 saturated heterocycles. The zero-order valence-corrected chi connectivity index (χ0v) is 12.7. The lowest BCUT2D eigenvalue weighted by atomic mass is 10.2. The van der Waals surface area contributed by atoms with Crippen molar-refractivity contribution in [2.24, 2.45) is 0 Å². The van der Waals surface area contributed by atoms with E-state index < -0.39 is 0 Å². The minimum absolute atomic E-state index is 0.0153. The average molecular weight is 303 g/mol. The van der Waals surface area contributed by atoms with Crippen LogP contribution in [0.3, 0.4) is 0 Å². The number of aromatic nitrogens is 1. The van der Waals surface area contributed by atoms with Gasteiger partial charge in [0.05, 0.1) is 18.7 Å². The zero-order valence-electron chi connectivity index (χ0n) is 11.8. The van der Waals surface area contributed by atoms with E-state index in [2.05, 4.69) is 10.3 Å². The summed E-state index contributed by atoms with van der Waals surface area (Å²) < 4.78 is 5.64. The minimum Gasteiger partial charge on any atom is -0.491 e. The molecule has 2 heterocycles. The van der Waals surface area contributed by atoms with Crippen LogP contribution in [0.1, 0.15) is 22.2 Å². The van der Waals surface area contributed by atoms with Gasteiger partial charge in [0.1, 0.15) is 12.4 Å². The third kappa shape index (κ3) is 3.00. The number of carbonyl (C=O) groups excluding carboxylic acids is 1. The number of hydrogen-bond donors (Lipinski definition) is 1. The molecule has 1 aromatic carbocycles. The Morgan fingerprint density at radius 3 is 3.14 bits per heavy atom. The van der Waals surface area contributed by atoms with E-state index in [4.69, 9.17) is 4.74 Å². The number of anilines is 1. The number of nitrogens with zero attached hydrogens (tertiary/aromatic N) is 2. The highest BCUT2D eigenvalue weighted by molar-refractivity contribution is 7.15. The third-order valence-corrected chi connectivity index (χ3v) is 4.19. The third-order valence-electron chi connectivity index (χ3n) is 3.25. The predicted molar refractivity (Wildman–Crippen MR) is 83.0 cm³/mol. The molecule has 2 aromatic rings. The molecule has 0 aliphatic carbocycles. The van der Waals surface area contributed by atoms with E-state index in [0.717, 1.165) is 16.6 Å². The topological polar surface area (TPSA) is 54.5 Å². The monoisotopic (exact) mass is 303 g/mol. The molecule has 5 nitrogen and oxygen atoms in total. The second-order valence-electron chi connectivity index (χ2n) is 4.73. The number of hydrogen-bond acceptors (Lipinski definition) is 5. The lowest BCUT2D eigenvalue weighted by molar-refractivity contribution is 0.0744. The fourth-order valence-corrected chi connectivity index (χ4v) is 3.16. The Bertz CT molecular complexity index is 641. The number of rotatable bonds is 4. The summed E-state index contributed by atoms with van der Waals surface area (Å²) in [5.41, 5.74) is 0.631. The highest BCUT2D eigenvalue weighted by Gasteiger charge is 2.23. The van der Waals surface area contributed by atoms with Gasteiger partial charge in [0, 0.05) is 17.6 Å². The maximum atomic E-state index is 12.6. The normalized spacial score (nSPS) is 14.3. The van der Waals surface area contributed by atoms with E-state index in [-0.39, 0.29) is 5.91 Å². The fraction of sp³-hybridized carbons (Fsp3) is 0.333. The summed E-state index contributed by atoms with van der Waals surface area (Å²) in [5.74, 6) is 0.684. The van der Waals surface area contributed by atoms with E-state index in [9.17, 15) is 4.79 Å². The van der Waals surface area contributed by atoms with Gasteiger partial charge in [-0.2, -0.15) is 0 Å². The van der Waals surface area contributed by atoms with Crippen molar-refractivity contribution in [3.8, 4) is 5.75 Å². The number of para-hydroxylation sites is 1. The minimum atomic E-state index is 0.0153. The van der Waals surface area contributed by atoms with Crippen molar-refractivity contribution in [1.29, 1.82) is 0 Å². The number of amides is 1. The van der Waals surface area contributed by atoms with Gasteiger partial charge in [-0.05, 0) is 19.1 Å². The van der Waals surface area contributed by atoms with Gasteiger partial charge in [-0.25, -0.2) is 4.98 Å². The van der Waals surface area contributed by atoms with Crippen LogP contribution in [0.25, 0.3) is 0 Å². The molecular formula is C15H17N3O2S. The van der Waals surface area contributed by atoms with Crippen LogP contribution in [0, 0.1) is 0 Å². The molecule has 0 radical (unpaired) electrons. The summed E-state index contributed by atoms with van der Waals surface area (Å²) in [5, 5.41) is 4.08. The first-order chi connectivity index (χ1) is 10.3. The standard InChI is InChI=1S/C15H17N3O2S/c1-2-16-15-17-9-11(21-15)10-18-7-8-20-13-6-4-3-5-12(13)14(18)19/h3-6,9H,2,7-8,10H2,1H3,(H,16,17). The Kier molecular flexibility index (Phi) is 4.06. The van der Waals surface area contributed by atoms with Crippen LogP contribution in [-0.4, -0.2) is 35.5 Å². The van der Waals surface area contributed by atoms with Gasteiger partial charge >= 0.3 is 0 Å². The maximum Gasteiger partial charge on any atom is 0.258 e. The zero-order chi connectivity index (χ0) is 14.7. The summed E-state index contributed by atoms with van der Waals surface area (Å²) in [6.07, 6.45) is 1.83. The Balaban J connectivity index is 1.77. The van der Waals surface area contributed by atoms with Crippen LogP contribution in [0.15, 0.2) is 30.5 Å². The van der Waals surface area contributed by atoms with Crippen LogP contribution in [0.4, 0.5) is 5.13 Å². The fourth-order valence-electron chi connectivity index (χ4n) is 2.26. The van der Waals surface area contributed by atoms with Gasteiger partial charge < -0.3 is 15.0 Å². The van der Waals surface area contributed by atoms with Crippen molar-refractivity contribution in [1.82, 2.24) is 9.88 Å². The molecule has 3 rings (SSSR count). The number of thiazole rings is 1. The highest BCUT2D eigenvalue weighted by Crippen LogP contribution is 2.25. The highest BCUT2D eigenvalue weighted by atomic mass is 32.1. The molecule has 0 bridgehead atoms. The van der Waals surface area contributed by atoms with Crippen molar-refractivity contribution in [3.05, 3.63) is 40.9 Å². The molecule has 0 spiro atoms.